The van der Waals surface area contributed by atoms with Crippen molar-refractivity contribution >= 4 is 58.3 Å². The van der Waals surface area contributed by atoms with Gasteiger partial charge in [0.15, 0.2) is 0 Å². The molecule has 2 heterocycles. The largest absolute Gasteiger partial charge is 0.337 e. The van der Waals surface area contributed by atoms with Crippen molar-refractivity contribution in [3.8, 4) is 0 Å². The molecule has 0 N–H and O–H groups in total. The Hall–Kier alpha value is -0.0000000000000000555. The summed E-state index contributed by atoms with van der Waals surface area (Å²) in [5.74, 6) is 1.09. The molecule has 1 aromatic heterocycles. The molecule has 0 radical (unpaired) electrons. The summed E-state index contributed by atoms with van der Waals surface area (Å²) in [5, 5.41) is 2.44. The van der Waals surface area contributed by atoms with E-state index in [-0.39, 0.29) is 4.08 Å². The number of nitrogens with zero attached hydrogens (tertiary/aromatic N) is 2. The number of benzene rings is 1. The zero-order valence-electron chi connectivity index (χ0n) is 11.9. The van der Waals surface area contributed by atoms with Gasteiger partial charge in [-0.05, 0) is 18.6 Å². The second-order valence-corrected chi connectivity index (χ2v) is 9.85. The fraction of sp³-hybridized carbons (Fsp3) is 0.400. The average Bonchev–Trinajstić information content (AvgIpc) is 3.06. The van der Waals surface area contributed by atoms with Crippen LogP contribution in [0.1, 0.15) is 18.9 Å². The number of aromatic nitrogens is 2. The number of halogens is 3. The average molecular weight is 394 g/mol. The first kappa shape index (κ1) is 16.8. The second-order valence-electron chi connectivity index (χ2n) is 5.29. The summed E-state index contributed by atoms with van der Waals surface area (Å²) in [6.45, 7) is 3.12. The van der Waals surface area contributed by atoms with Crippen molar-refractivity contribution in [1.29, 1.82) is 0 Å². The molecule has 1 aliphatic rings. The normalized spacial score (nSPS) is 24.8. The van der Waals surface area contributed by atoms with E-state index < -0.39 is 0 Å². The van der Waals surface area contributed by atoms with Crippen LogP contribution in [-0.2, 0) is 10.6 Å². The van der Waals surface area contributed by atoms with Crippen LogP contribution in [-0.4, -0.2) is 20.6 Å². The number of hydrogen-bond donors (Lipinski definition) is 0. The molecule has 1 saturated heterocycles. The number of thioether (sulfide) groups is 2. The second kappa shape index (κ2) is 6.86. The van der Waals surface area contributed by atoms with E-state index in [1.165, 1.54) is 0 Å². The zero-order chi connectivity index (χ0) is 15.7. The van der Waals surface area contributed by atoms with Crippen LogP contribution >= 0.6 is 58.3 Å². The van der Waals surface area contributed by atoms with E-state index in [2.05, 4.69) is 16.5 Å². The Morgan fingerprint density at radius 1 is 1.32 bits per heavy atom. The monoisotopic (exact) mass is 392 g/mol. The number of aryl methyl sites for hydroxylation is 1. The van der Waals surface area contributed by atoms with Crippen molar-refractivity contribution in [2.75, 3.05) is 5.75 Å². The molecule has 1 aromatic carbocycles. The third-order valence-electron chi connectivity index (χ3n) is 3.59. The van der Waals surface area contributed by atoms with Gasteiger partial charge in [-0.1, -0.05) is 41.7 Å². The van der Waals surface area contributed by atoms with Crippen molar-refractivity contribution in [2.45, 2.75) is 29.2 Å². The SMILES string of the molecule is CC1CSC(CCn2ccnc2)(c2c(Cl)cc(Cl)cc2Cl)S1. The van der Waals surface area contributed by atoms with Crippen LogP contribution in [0.3, 0.4) is 0 Å². The fourth-order valence-corrected chi connectivity index (χ4v) is 7.74. The molecular formula is C15H15Cl3N2S2. The van der Waals surface area contributed by atoms with Crippen LogP contribution in [0.5, 0.6) is 0 Å². The summed E-state index contributed by atoms with van der Waals surface area (Å²) in [7, 11) is 0. The Morgan fingerprint density at radius 3 is 2.59 bits per heavy atom. The maximum Gasteiger partial charge on any atom is 0.0945 e. The van der Waals surface area contributed by atoms with Gasteiger partial charge in [-0.25, -0.2) is 4.98 Å². The minimum absolute atomic E-state index is 0.136. The van der Waals surface area contributed by atoms with Gasteiger partial charge in [0.2, 0.25) is 0 Å². The molecule has 7 heteroatoms. The summed E-state index contributed by atoms with van der Waals surface area (Å²) < 4.78 is 1.95. The lowest BCUT2D eigenvalue weighted by Crippen LogP contribution is -2.19. The van der Waals surface area contributed by atoms with Crippen LogP contribution in [0.4, 0.5) is 0 Å². The van der Waals surface area contributed by atoms with Gasteiger partial charge in [-0.3, -0.25) is 0 Å². The molecule has 0 aliphatic carbocycles. The van der Waals surface area contributed by atoms with Crippen LogP contribution in [0.25, 0.3) is 0 Å². The molecule has 2 aromatic rings. The van der Waals surface area contributed by atoms with Crippen molar-refractivity contribution < 1.29 is 0 Å². The topological polar surface area (TPSA) is 17.8 Å². The quantitative estimate of drug-likeness (QED) is 0.638. The predicted octanol–water partition coefficient (Wildman–Crippen LogP) is 5.95. The van der Waals surface area contributed by atoms with Gasteiger partial charge < -0.3 is 4.57 Å². The van der Waals surface area contributed by atoms with Crippen molar-refractivity contribution in [1.82, 2.24) is 9.55 Å². The minimum atomic E-state index is -0.136. The molecule has 0 amide bonds. The Morgan fingerprint density at radius 2 is 2.05 bits per heavy atom. The summed E-state index contributed by atoms with van der Waals surface area (Å²) in [5.41, 5.74) is 1.000. The molecule has 0 saturated carbocycles. The highest BCUT2D eigenvalue weighted by Gasteiger charge is 2.43. The summed E-state index contributed by atoms with van der Waals surface area (Å²) in [6.07, 6.45) is 6.55. The lowest BCUT2D eigenvalue weighted by Gasteiger charge is -2.30. The highest BCUT2D eigenvalue weighted by Crippen LogP contribution is 2.60. The first-order valence-electron chi connectivity index (χ1n) is 6.93. The van der Waals surface area contributed by atoms with E-state index in [1.54, 1.807) is 18.3 Å². The first-order valence-corrected chi connectivity index (χ1v) is 9.92. The lowest BCUT2D eigenvalue weighted by atomic mass is 10.1. The van der Waals surface area contributed by atoms with Crippen molar-refractivity contribution in [3.63, 3.8) is 0 Å². The van der Waals surface area contributed by atoms with E-state index in [9.17, 15) is 0 Å². The molecule has 2 nitrogen and oxygen atoms in total. The van der Waals surface area contributed by atoms with Crippen LogP contribution in [0.15, 0.2) is 30.9 Å². The molecule has 118 valence electrons. The van der Waals surface area contributed by atoms with Crippen molar-refractivity contribution in [3.05, 3.63) is 51.5 Å². The van der Waals surface area contributed by atoms with Gasteiger partial charge in [0.1, 0.15) is 0 Å². The predicted molar refractivity (Wildman–Crippen MR) is 99.5 cm³/mol. The number of hydrogen-bond acceptors (Lipinski definition) is 3. The molecule has 2 unspecified atom stereocenters. The van der Waals surface area contributed by atoms with Crippen LogP contribution < -0.4 is 0 Å². The molecule has 0 bridgehead atoms. The summed E-state index contributed by atoms with van der Waals surface area (Å²) in [4.78, 5) is 4.10. The Kier molecular flexibility index (Phi) is 5.25. The third kappa shape index (κ3) is 3.41. The van der Waals surface area contributed by atoms with Gasteiger partial charge in [-0.2, -0.15) is 0 Å². The van der Waals surface area contributed by atoms with Crippen LogP contribution in [0.2, 0.25) is 15.1 Å². The maximum atomic E-state index is 6.50. The Labute approximate surface area is 153 Å². The first-order chi connectivity index (χ1) is 10.5. The van der Waals surface area contributed by atoms with E-state index in [0.29, 0.717) is 20.3 Å². The smallest absolute Gasteiger partial charge is 0.0945 e. The maximum absolute atomic E-state index is 6.50. The van der Waals surface area contributed by atoms with Crippen LogP contribution in [0, 0.1) is 0 Å². The third-order valence-corrected chi connectivity index (χ3v) is 8.16. The van der Waals surface area contributed by atoms with Gasteiger partial charge in [0.25, 0.3) is 0 Å². The summed E-state index contributed by atoms with van der Waals surface area (Å²) in [6, 6.07) is 3.57. The van der Waals surface area contributed by atoms with E-state index in [1.807, 2.05) is 36.0 Å². The standard InChI is InChI=1S/C15H15Cl3N2S2/c1-10-8-21-15(22-10,2-4-20-5-3-19-9-20)14-12(17)6-11(16)7-13(14)18/h3,5-7,9-10H,2,4,8H2,1H3. The fourth-order valence-electron chi connectivity index (χ4n) is 2.63. The van der Waals surface area contributed by atoms with E-state index >= 15 is 0 Å². The molecular weight excluding hydrogens is 379 g/mol. The number of rotatable bonds is 4. The van der Waals surface area contributed by atoms with Gasteiger partial charge >= 0.3 is 0 Å². The van der Waals surface area contributed by atoms with Gasteiger partial charge in [0, 0.05) is 50.6 Å². The van der Waals surface area contributed by atoms with E-state index in [4.69, 9.17) is 34.8 Å². The van der Waals surface area contributed by atoms with Gasteiger partial charge in [-0.15, -0.1) is 23.5 Å². The van der Waals surface area contributed by atoms with Gasteiger partial charge in [0.05, 0.1) is 10.4 Å². The molecule has 3 rings (SSSR count). The highest BCUT2D eigenvalue weighted by atomic mass is 35.5. The number of imidazole rings is 1. The lowest BCUT2D eigenvalue weighted by molar-refractivity contribution is 0.614. The Bertz CT molecular complexity index is 640. The molecule has 1 aliphatic heterocycles. The van der Waals surface area contributed by atoms with E-state index in [0.717, 1.165) is 24.3 Å². The zero-order valence-corrected chi connectivity index (χ0v) is 15.8. The molecule has 1 fully saturated rings. The molecule has 22 heavy (non-hydrogen) atoms. The highest BCUT2D eigenvalue weighted by molar-refractivity contribution is 8.21. The Balaban J connectivity index is 1.96. The van der Waals surface area contributed by atoms with Crippen molar-refractivity contribution in [2.24, 2.45) is 0 Å². The molecule has 0 spiro atoms. The molecule has 2 atom stereocenters. The minimum Gasteiger partial charge on any atom is -0.337 e. The summed E-state index contributed by atoms with van der Waals surface area (Å²) >= 11 is 22.9.